The van der Waals surface area contributed by atoms with Gasteiger partial charge in [0.15, 0.2) is 5.82 Å². The second-order valence-corrected chi connectivity index (χ2v) is 5.27. The molecule has 1 aromatic heterocycles. The topological polar surface area (TPSA) is 72.0 Å². The number of ether oxygens (including phenoxy) is 1. The van der Waals surface area contributed by atoms with Gasteiger partial charge >= 0.3 is 15.5 Å². The Bertz CT molecular complexity index is 740. The number of H-pyrrole nitrogens is 1. The maximum absolute atomic E-state index is 13.3. The minimum Gasteiger partial charge on any atom is -0.496 e. The molecule has 0 spiro atoms. The molecule has 2 aromatic rings. The van der Waals surface area contributed by atoms with Crippen molar-refractivity contribution in [2.45, 2.75) is 12.2 Å². The van der Waals surface area contributed by atoms with Crippen LogP contribution in [0.15, 0.2) is 12.1 Å². The Morgan fingerprint density at radius 3 is 2.53 bits per heavy atom. The van der Waals surface area contributed by atoms with Crippen LogP contribution in [-0.4, -0.2) is 25.5 Å². The fourth-order valence-electron chi connectivity index (χ4n) is 1.62. The first-order chi connectivity index (χ1) is 8.66. The number of hydrogen-bond donors (Lipinski definition) is 1. The molecule has 0 aliphatic rings. The fourth-order valence-corrected chi connectivity index (χ4v) is 1.95. The predicted octanol–water partition coefficient (Wildman–Crippen LogP) is 2.23. The van der Waals surface area contributed by atoms with Crippen LogP contribution in [0.5, 0.6) is 5.75 Å². The zero-order valence-electron chi connectivity index (χ0n) is 9.87. The average molecular weight is 294 g/mol. The summed E-state index contributed by atoms with van der Waals surface area (Å²) < 4.78 is 65.0. The first-order valence-electron chi connectivity index (χ1n) is 5.03. The van der Waals surface area contributed by atoms with Gasteiger partial charge in [-0.15, -0.1) is 0 Å². The number of alkyl halides is 2. The number of nitrogens with one attached hydrogen (secondary N) is 1. The Hall–Kier alpha value is -1.77. The van der Waals surface area contributed by atoms with Crippen molar-refractivity contribution in [1.29, 1.82) is 0 Å². The Morgan fingerprint density at radius 1 is 1.37 bits per heavy atom. The molecule has 1 aromatic carbocycles. The van der Waals surface area contributed by atoms with E-state index in [4.69, 9.17) is 4.74 Å². The van der Waals surface area contributed by atoms with Crippen LogP contribution >= 0.6 is 0 Å². The van der Waals surface area contributed by atoms with Crippen molar-refractivity contribution in [2.24, 2.45) is 0 Å². The summed E-state index contributed by atoms with van der Waals surface area (Å²) in [5.41, 5.74) is 0.856. The predicted molar refractivity (Wildman–Crippen MR) is 61.3 cm³/mol. The number of aryl methyl sites for hydroxylation is 1. The van der Waals surface area contributed by atoms with Gasteiger partial charge in [-0.3, -0.25) is 0 Å². The number of methoxy groups -OCH3 is 1. The van der Waals surface area contributed by atoms with Crippen LogP contribution in [-0.2, 0) is 15.5 Å². The van der Waals surface area contributed by atoms with Crippen LogP contribution in [0.1, 0.15) is 11.4 Å². The SMILES string of the molecule is COc1cc2nc(C(F)(F)S(=O)(=O)F)[nH]c2cc1C. The van der Waals surface area contributed by atoms with Gasteiger partial charge in [-0.1, -0.05) is 3.89 Å². The standard InChI is InChI=1S/C10H9F3N2O3S/c1-5-3-6-7(4-8(5)18-2)15-9(14-6)10(11,12)19(13,16)17/h3-4H,1-2H3,(H,14,15). The van der Waals surface area contributed by atoms with Gasteiger partial charge in [0, 0.05) is 6.07 Å². The van der Waals surface area contributed by atoms with Gasteiger partial charge in [0.05, 0.1) is 18.1 Å². The molecule has 0 saturated carbocycles. The van der Waals surface area contributed by atoms with Gasteiger partial charge in [0.1, 0.15) is 5.75 Å². The molecule has 1 heterocycles. The van der Waals surface area contributed by atoms with E-state index < -0.39 is 21.3 Å². The molecule has 1 N–H and O–H groups in total. The third-order valence-electron chi connectivity index (χ3n) is 2.58. The second-order valence-electron chi connectivity index (χ2n) is 3.88. The molecule has 19 heavy (non-hydrogen) atoms. The van der Waals surface area contributed by atoms with Crippen LogP contribution in [0, 0.1) is 6.92 Å². The van der Waals surface area contributed by atoms with Gasteiger partial charge in [0.25, 0.3) is 0 Å². The van der Waals surface area contributed by atoms with E-state index >= 15 is 0 Å². The van der Waals surface area contributed by atoms with Crippen LogP contribution < -0.4 is 4.74 Å². The maximum Gasteiger partial charge on any atom is 0.430 e. The summed E-state index contributed by atoms with van der Waals surface area (Å²) >= 11 is 0. The van der Waals surface area contributed by atoms with Crippen molar-refractivity contribution >= 4 is 21.3 Å². The van der Waals surface area contributed by atoms with Gasteiger partial charge in [0.2, 0.25) is 0 Å². The van der Waals surface area contributed by atoms with E-state index in [1.54, 1.807) is 6.92 Å². The lowest BCUT2D eigenvalue weighted by molar-refractivity contribution is 0.0755. The highest BCUT2D eigenvalue weighted by Crippen LogP contribution is 2.35. The zero-order chi connectivity index (χ0) is 14.4. The lowest BCUT2D eigenvalue weighted by atomic mass is 10.2. The van der Waals surface area contributed by atoms with Crippen LogP contribution in [0.3, 0.4) is 0 Å². The first-order valence-corrected chi connectivity index (χ1v) is 6.42. The van der Waals surface area contributed by atoms with Gasteiger partial charge in [-0.05, 0) is 18.6 Å². The zero-order valence-corrected chi connectivity index (χ0v) is 10.7. The van der Waals surface area contributed by atoms with Crippen molar-refractivity contribution in [3.63, 3.8) is 0 Å². The lowest BCUT2D eigenvalue weighted by Crippen LogP contribution is -2.23. The molecule has 0 amide bonds. The molecule has 0 saturated heterocycles. The van der Waals surface area contributed by atoms with Crippen molar-refractivity contribution in [3.05, 3.63) is 23.5 Å². The third-order valence-corrected chi connectivity index (χ3v) is 3.39. The Morgan fingerprint density at radius 2 is 2.00 bits per heavy atom. The number of aromatic nitrogens is 2. The highest BCUT2D eigenvalue weighted by atomic mass is 32.3. The van der Waals surface area contributed by atoms with Crippen LogP contribution in [0.4, 0.5) is 12.7 Å². The van der Waals surface area contributed by atoms with E-state index in [2.05, 4.69) is 9.97 Å². The van der Waals surface area contributed by atoms with Crippen LogP contribution in [0.25, 0.3) is 11.0 Å². The fraction of sp³-hybridized carbons (Fsp3) is 0.300. The molecular weight excluding hydrogens is 285 g/mol. The number of aromatic amines is 1. The molecule has 0 aliphatic carbocycles. The molecule has 0 atom stereocenters. The summed E-state index contributed by atoms with van der Waals surface area (Å²) in [4.78, 5) is 5.49. The average Bonchev–Trinajstić information content (AvgIpc) is 2.69. The monoisotopic (exact) mass is 294 g/mol. The molecule has 104 valence electrons. The summed E-state index contributed by atoms with van der Waals surface area (Å²) in [5, 5.41) is -4.72. The lowest BCUT2D eigenvalue weighted by Gasteiger charge is -2.06. The molecular formula is C10H9F3N2O3S. The second kappa shape index (κ2) is 4.12. The van der Waals surface area contributed by atoms with Gasteiger partial charge in [-0.2, -0.15) is 17.2 Å². The first kappa shape index (κ1) is 13.7. The molecule has 5 nitrogen and oxygen atoms in total. The van der Waals surface area contributed by atoms with Crippen LogP contribution in [0.2, 0.25) is 0 Å². The van der Waals surface area contributed by atoms with E-state index in [-0.39, 0.29) is 11.0 Å². The number of halogens is 3. The quantitative estimate of drug-likeness (QED) is 0.881. The largest absolute Gasteiger partial charge is 0.496 e. The molecule has 2 rings (SSSR count). The van der Waals surface area contributed by atoms with Crippen molar-refractivity contribution in [3.8, 4) is 5.75 Å². The van der Waals surface area contributed by atoms with E-state index in [0.29, 0.717) is 11.3 Å². The Labute approximate surface area is 106 Å². The smallest absolute Gasteiger partial charge is 0.430 e. The summed E-state index contributed by atoms with van der Waals surface area (Å²) in [6.07, 6.45) is 0. The maximum atomic E-state index is 13.3. The molecule has 0 radical (unpaired) electrons. The number of imidazole rings is 1. The number of hydrogen-bond acceptors (Lipinski definition) is 4. The summed E-state index contributed by atoms with van der Waals surface area (Å²) in [6, 6.07) is 2.80. The molecule has 0 unspecified atom stereocenters. The summed E-state index contributed by atoms with van der Waals surface area (Å²) in [6.45, 7) is 1.67. The van der Waals surface area contributed by atoms with Crippen molar-refractivity contribution in [2.75, 3.05) is 7.11 Å². The molecule has 0 aliphatic heterocycles. The number of rotatable bonds is 3. The summed E-state index contributed by atoms with van der Waals surface area (Å²) in [7, 11) is -4.70. The van der Waals surface area contributed by atoms with E-state index in [1.807, 2.05) is 0 Å². The van der Waals surface area contributed by atoms with Crippen molar-refractivity contribution < 1.29 is 25.8 Å². The minimum atomic E-state index is -6.09. The third kappa shape index (κ3) is 2.14. The van der Waals surface area contributed by atoms with Gasteiger partial charge < -0.3 is 9.72 Å². The summed E-state index contributed by atoms with van der Waals surface area (Å²) in [5.74, 6) is -0.866. The normalized spacial score (nSPS) is 12.9. The number of fused-ring (bicyclic) bond motifs is 1. The number of benzene rings is 1. The number of nitrogens with zero attached hydrogens (tertiary/aromatic N) is 1. The highest BCUT2D eigenvalue weighted by Gasteiger charge is 2.50. The minimum absolute atomic E-state index is 0.0563. The van der Waals surface area contributed by atoms with E-state index in [0.717, 1.165) is 0 Å². The Kier molecular flexibility index (Phi) is 2.96. The van der Waals surface area contributed by atoms with E-state index in [9.17, 15) is 21.1 Å². The molecule has 0 bridgehead atoms. The molecule has 9 heteroatoms. The Balaban J connectivity index is 2.66. The van der Waals surface area contributed by atoms with Crippen molar-refractivity contribution in [1.82, 2.24) is 9.97 Å². The van der Waals surface area contributed by atoms with E-state index in [1.165, 1.54) is 19.2 Å². The molecule has 0 fully saturated rings. The van der Waals surface area contributed by atoms with Gasteiger partial charge in [-0.25, -0.2) is 4.98 Å². The highest BCUT2D eigenvalue weighted by molar-refractivity contribution is 7.87.